The second-order valence-electron chi connectivity index (χ2n) is 10.4. The van der Waals surface area contributed by atoms with Gasteiger partial charge in [0, 0.05) is 11.8 Å². The van der Waals surface area contributed by atoms with E-state index in [0.29, 0.717) is 23.5 Å². The van der Waals surface area contributed by atoms with Crippen LogP contribution in [0.25, 0.3) is 0 Å². The lowest BCUT2D eigenvalue weighted by Gasteiger charge is -2.64. The Labute approximate surface area is 142 Å². The molecule has 0 aromatic heterocycles. The number of carbonyl (C=O) groups is 1. The molecular weight excluding hydrogens is 284 g/mol. The van der Waals surface area contributed by atoms with Gasteiger partial charge < -0.3 is 9.90 Å². The van der Waals surface area contributed by atoms with Gasteiger partial charge in [-0.15, -0.1) is 0 Å². The normalized spacial score (nSPS) is 49.1. The summed E-state index contributed by atoms with van der Waals surface area (Å²) in [6.45, 7) is 11.4. The zero-order valence-electron chi connectivity index (χ0n) is 15.9. The molecule has 3 aliphatic carbocycles. The number of Topliss-reactive ketones (excluding diaryl/α,β-unsaturated/α-hetero) is 1. The molecule has 23 heavy (non-hydrogen) atoms. The molecule has 0 bridgehead atoms. The quantitative estimate of drug-likeness (QED) is 0.766. The number of fused-ring (bicyclic) bond motifs is 2. The van der Waals surface area contributed by atoms with Crippen LogP contribution in [-0.2, 0) is 4.79 Å². The lowest BCUT2D eigenvalue weighted by Crippen LogP contribution is -2.59. The average Bonchev–Trinajstić information content (AvgIpc) is 2.74. The second-order valence-corrected chi connectivity index (χ2v) is 10.4. The smallest absolute Gasteiger partial charge is 0.130 e. The van der Waals surface area contributed by atoms with Gasteiger partial charge in [0.1, 0.15) is 5.78 Å². The Morgan fingerprint density at radius 3 is 2.39 bits per heavy atom. The molecule has 0 amide bonds. The molecule has 0 saturated heterocycles. The van der Waals surface area contributed by atoms with Crippen molar-refractivity contribution >= 4 is 5.78 Å². The summed E-state index contributed by atoms with van der Waals surface area (Å²) in [4.78, 5) is 11.8. The van der Waals surface area contributed by atoms with Crippen molar-refractivity contribution in [1.29, 1.82) is 0 Å². The molecule has 2 nitrogen and oxygen atoms in total. The van der Waals surface area contributed by atoms with Crippen LogP contribution in [0.1, 0.15) is 92.4 Å². The number of hydrogen-bond donors (Lipinski definition) is 1. The predicted molar refractivity (Wildman–Crippen MR) is 94.2 cm³/mol. The first-order valence-corrected chi connectivity index (χ1v) is 9.72. The van der Waals surface area contributed by atoms with E-state index in [9.17, 15) is 9.90 Å². The highest BCUT2D eigenvalue weighted by atomic mass is 16.3. The standard InChI is InChI=1S/C21H36O2/c1-15(22)13-19(4)11-12-21(14-19)17(23)8-7-16-18(2,3)9-6-10-20(16,21)5/h16-17,23H,6-14H2,1-5H3/t16-,17+,19+,20-,21+/m0/s1. The summed E-state index contributed by atoms with van der Waals surface area (Å²) in [6.07, 6.45) is 9.78. The molecule has 0 aromatic rings. The molecule has 0 heterocycles. The lowest BCUT2D eigenvalue weighted by molar-refractivity contribution is -0.186. The Balaban J connectivity index is 1.98. The monoisotopic (exact) mass is 320 g/mol. The van der Waals surface area contributed by atoms with E-state index in [1.165, 1.54) is 25.7 Å². The minimum atomic E-state index is -0.175. The van der Waals surface area contributed by atoms with Crippen LogP contribution in [0.5, 0.6) is 0 Å². The maximum Gasteiger partial charge on any atom is 0.130 e. The van der Waals surface area contributed by atoms with Gasteiger partial charge in [0.25, 0.3) is 0 Å². The van der Waals surface area contributed by atoms with E-state index >= 15 is 0 Å². The number of aliphatic hydroxyl groups is 1. The largest absolute Gasteiger partial charge is 0.393 e. The topological polar surface area (TPSA) is 37.3 Å². The zero-order chi connectivity index (χ0) is 17.1. The van der Waals surface area contributed by atoms with E-state index in [1.54, 1.807) is 6.92 Å². The summed E-state index contributed by atoms with van der Waals surface area (Å²) >= 11 is 0. The highest BCUT2D eigenvalue weighted by molar-refractivity contribution is 5.76. The number of ketones is 1. The number of carbonyl (C=O) groups excluding carboxylic acids is 1. The minimum absolute atomic E-state index is 0.0395. The van der Waals surface area contributed by atoms with Crippen LogP contribution in [-0.4, -0.2) is 17.0 Å². The third-order valence-corrected chi connectivity index (χ3v) is 8.33. The van der Waals surface area contributed by atoms with Gasteiger partial charge >= 0.3 is 0 Å². The fourth-order valence-corrected chi connectivity index (χ4v) is 7.40. The SMILES string of the molecule is CC(=O)C[C@@]1(C)CC[C@@]2(C1)[C@H](O)CC[C@H]1C(C)(C)CCC[C@@]12C. The maximum absolute atomic E-state index is 11.8. The molecule has 0 aromatic carbocycles. The third kappa shape index (κ3) is 2.51. The van der Waals surface area contributed by atoms with Gasteiger partial charge in [0.15, 0.2) is 0 Å². The van der Waals surface area contributed by atoms with Crippen molar-refractivity contribution in [2.45, 2.75) is 98.5 Å². The highest BCUT2D eigenvalue weighted by Gasteiger charge is 2.65. The molecule has 3 saturated carbocycles. The van der Waals surface area contributed by atoms with E-state index in [0.717, 1.165) is 25.7 Å². The molecular formula is C21H36O2. The van der Waals surface area contributed by atoms with Gasteiger partial charge in [-0.2, -0.15) is 0 Å². The molecule has 2 heteroatoms. The van der Waals surface area contributed by atoms with E-state index in [1.807, 2.05) is 0 Å². The molecule has 132 valence electrons. The molecule has 0 aliphatic heterocycles. The van der Waals surface area contributed by atoms with Crippen molar-refractivity contribution in [3.05, 3.63) is 0 Å². The molecule has 1 spiro atoms. The van der Waals surface area contributed by atoms with E-state index in [-0.39, 0.29) is 22.3 Å². The Kier molecular flexibility index (Phi) is 4.03. The van der Waals surface area contributed by atoms with Crippen molar-refractivity contribution < 1.29 is 9.90 Å². The lowest BCUT2D eigenvalue weighted by atomic mass is 9.41. The Morgan fingerprint density at radius 2 is 1.74 bits per heavy atom. The van der Waals surface area contributed by atoms with Gasteiger partial charge in [-0.25, -0.2) is 0 Å². The number of rotatable bonds is 2. The first-order valence-electron chi connectivity index (χ1n) is 9.72. The van der Waals surface area contributed by atoms with Crippen molar-refractivity contribution in [3.8, 4) is 0 Å². The van der Waals surface area contributed by atoms with Crippen LogP contribution in [0.3, 0.4) is 0 Å². The summed E-state index contributed by atoms with van der Waals surface area (Å²) in [5.41, 5.74) is 0.762. The second kappa shape index (κ2) is 5.31. The van der Waals surface area contributed by atoms with Gasteiger partial charge in [-0.1, -0.05) is 34.1 Å². The van der Waals surface area contributed by atoms with Crippen LogP contribution in [0.15, 0.2) is 0 Å². The molecule has 5 atom stereocenters. The van der Waals surface area contributed by atoms with E-state index in [4.69, 9.17) is 0 Å². The highest BCUT2D eigenvalue weighted by Crippen LogP contribution is 2.71. The molecule has 0 radical (unpaired) electrons. The van der Waals surface area contributed by atoms with Crippen LogP contribution < -0.4 is 0 Å². The third-order valence-electron chi connectivity index (χ3n) is 8.33. The first-order chi connectivity index (χ1) is 10.5. The summed E-state index contributed by atoms with van der Waals surface area (Å²) in [6, 6.07) is 0. The predicted octanol–water partition coefficient (Wildman–Crippen LogP) is 5.13. The summed E-state index contributed by atoms with van der Waals surface area (Å²) in [5, 5.41) is 11.1. The average molecular weight is 321 g/mol. The van der Waals surface area contributed by atoms with Crippen LogP contribution in [0.2, 0.25) is 0 Å². The Bertz CT molecular complexity index is 496. The van der Waals surface area contributed by atoms with Crippen molar-refractivity contribution in [3.63, 3.8) is 0 Å². The number of hydrogen-bond acceptors (Lipinski definition) is 2. The van der Waals surface area contributed by atoms with Crippen LogP contribution >= 0.6 is 0 Å². The Morgan fingerprint density at radius 1 is 1.04 bits per heavy atom. The van der Waals surface area contributed by atoms with E-state index < -0.39 is 0 Å². The van der Waals surface area contributed by atoms with Crippen LogP contribution in [0.4, 0.5) is 0 Å². The van der Waals surface area contributed by atoms with Crippen LogP contribution in [0, 0.1) is 27.6 Å². The van der Waals surface area contributed by atoms with Crippen molar-refractivity contribution in [2.75, 3.05) is 0 Å². The van der Waals surface area contributed by atoms with E-state index in [2.05, 4.69) is 27.7 Å². The molecule has 3 fully saturated rings. The minimum Gasteiger partial charge on any atom is -0.393 e. The van der Waals surface area contributed by atoms with Gasteiger partial charge in [-0.3, -0.25) is 0 Å². The summed E-state index contributed by atoms with van der Waals surface area (Å²) in [7, 11) is 0. The first kappa shape index (κ1) is 17.5. The van der Waals surface area contributed by atoms with Gasteiger partial charge in [0.2, 0.25) is 0 Å². The molecule has 0 unspecified atom stereocenters. The van der Waals surface area contributed by atoms with Crippen molar-refractivity contribution in [1.82, 2.24) is 0 Å². The summed E-state index contributed by atoms with van der Waals surface area (Å²) in [5.74, 6) is 1.02. The van der Waals surface area contributed by atoms with Gasteiger partial charge in [-0.05, 0) is 74.0 Å². The fraction of sp³-hybridized carbons (Fsp3) is 0.952. The van der Waals surface area contributed by atoms with Gasteiger partial charge in [0.05, 0.1) is 6.10 Å². The summed E-state index contributed by atoms with van der Waals surface area (Å²) < 4.78 is 0. The number of aliphatic hydroxyl groups excluding tert-OH is 1. The van der Waals surface area contributed by atoms with Crippen molar-refractivity contribution in [2.24, 2.45) is 27.6 Å². The molecule has 3 rings (SSSR count). The Hall–Kier alpha value is -0.370. The maximum atomic E-state index is 11.8. The molecule has 1 N–H and O–H groups in total. The fourth-order valence-electron chi connectivity index (χ4n) is 7.40. The molecule has 3 aliphatic rings. The zero-order valence-corrected chi connectivity index (χ0v) is 15.9.